The highest BCUT2D eigenvalue weighted by Crippen LogP contribution is 2.24. The molecule has 0 fully saturated rings. The van der Waals surface area contributed by atoms with Gasteiger partial charge in [0.05, 0.1) is 5.92 Å². The standard InChI is InChI=1S/C13H22N2O3/c1-5-6-10(12(17)18)15-11(16)9(8-14)7-13(2,3)4/h1,9-10H,6-8,14H2,2-4H3,(H,15,16)(H,17,18). The second kappa shape index (κ2) is 7.02. The van der Waals surface area contributed by atoms with Crippen molar-refractivity contribution in [2.75, 3.05) is 6.54 Å². The fourth-order valence-electron chi connectivity index (χ4n) is 1.63. The van der Waals surface area contributed by atoms with Crippen molar-refractivity contribution in [2.24, 2.45) is 17.1 Å². The Morgan fingerprint density at radius 1 is 1.44 bits per heavy atom. The van der Waals surface area contributed by atoms with Gasteiger partial charge in [0.15, 0.2) is 0 Å². The number of carboxylic acids is 1. The van der Waals surface area contributed by atoms with Gasteiger partial charge in [-0.3, -0.25) is 4.79 Å². The molecule has 0 bridgehead atoms. The second-order valence-electron chi connectivity index (χ2n) is 5.51. The van der Waals surface area contributed by atoms with Crippen LogP contribution in [0.25, 0.3) is 0 Å². The Bertz CT molecular complexity index is 339. The molecule has 2 atom stereocenters. The molecule has 0 aromatic rings. The average molecular weight is 254 g/mol. The Morgan fingerprint density at radius 3 is 2.33 bits per heavy atom. The van der Waals surface area contributed by atoms with Crippen LogP contribution in [0.1, 0.15) is 33.6 Å². The normalized spacial score (nSPS) is 14.4. The smallest absolute Gasteiger partial charge is 0.327 e. The minimum atomic E-state index is -1.13. The third kappa shape index (κ3) is 6.26. The summed E-state index contributed by atoms with van der Waals surface area (Å²) in [4.78, 5) is 22.8. The van der Waals surface area contributed by atoms with Gasteiger partial charge in [0, 0.05) is 13.0 Å². The van der Waals surface area contributed by atoms with Crippen molar-refractivity contribution in [1.82, 2.24) is 5.32 Å². The van der Waals surface area contributed by atoms with Gasteiger partial charge in [-0.15, -0.1) is 12.3 Å². The van der Waals surface area contributed by atoms with Gasteiger partial charge in [-0.1, -0.05) is 20.8 Å². The van der Waals surface area contributed by atoms with Crippen LogP contribution in [0.15, 0.2) is 0 Å². The number of nitrogens with two attached hydrogens (primary N) is 1. The first kappa shape index (κ1) is 16.5. The van der Waals surface area contributed by atoms with Gasteiger partial charge in [0.2, 0.25) is 5.91 Å². The Hall–Kier alpha value is -1.54. The third-order valence-corrected chi connectivity index (χ3v) is 2.45. The van der Waals surface area contributed by atoms with E-state index in [1.807, 2.05) is 20.8 Å². The highest BCUT2D eigenvalue weighted by Gasteiger charge is 2.27. The highest BCUT2D eigenvalue weighted by atomic mass is 16.4. The lowest BCUT2D eigenvalue weighted by molar-refractivity contribution is -0.142. The molecule has 0 spiro atoms. The number of aliphatic carboxylic acids is 1. The number of amides is 1. The predicted octanol–water partition coefficient (Wildman–Crippen LogP) is 0.590. The number of nitrogens with one attached hydrogen (secondary N) is 1. The van der Waals surface area contributed by atoms with Crippen molar-refractivity contribution in [1.29, 1.82) is 0 Å². The molecule has 0 saturated carbocycles. The molecule has 0 aromatic heterocycles. The fourth-order valence-corrected chi connectivity index (χ4v) is 1.63. The summed E-state index contributed by atoms with van der Waals surface area (Å²) in [5.74, 6) is 0.351. The zero-order chi connectivity index (χ0) is 14.3. The molecule has 5 nitrogen and oxygen atoms in total. The number of carboxylic acid groups (broad SMARTS) is 1. The van der Waals surface area contributed by atoms with Crippen molar-refractivity contribution < 1.29 is 14.7 Å². The minimum Gasteiger partial charge on any atom is -0.480 e. The molecule has 0 radical (unpaired) electrons. The fraction of sp³-hybridized carbons (Fsp3) is 0.692. The van der Waals surface area contributed by atoms with Gasteiger partial charge in [0.25, 0.3) is 0 Å². The van der Waals surface area contributed by atoms with Gasteiger partial charge in [-0.05, 0) is 11.8 Å². The molecule has 2 unspecified atom stereocenters. The summed E-state index contributed by atoms with van der Waals surface area (Å²) in [5.41, 5.74) is 5.51. The summed E-state index contributed by atoms with van der Waals surface area (Å²) in [5, 5.41) is 11.3. The van der Waals surface area contributed by atoms with Crippen molar-refractivity contribution >= 4 is 11.9 Å². The van der Waals surface area contributed by atoms with E-state index in [1.54, 1.807) is 0 Å². The molecule has 1 amide bonds. The molecule has 0 saturated heterocycles. The lowest BCUT2D eigenvalue weighted by atomic mass is 9.84. The quantitative estimate of drug-likeness (QED) is 0.605. The summed E-state index contributed by atoms with van der Waals surface area (Å²) in [6, 6.07) is -1.04. The molecular formula is C13H22N2O3. The maximum atomic E-state index is 11.9. The molecule has 0 aliphatic heterocycles. The van der Waals surface area contributed by atoms with Gasteiger partial charge in [-0.25, -0.2) is 4.79 Å². The molecular weight excluding hydrogens is 232 g/mol. The molecule has 0 heterocycles. The Kier molecular flexibility index (Phi) is 6.42. The van der Waals surface area contributed by atoms with Crippen LogP contribution in [0.4, 0.5) is 0 Å². The van der Waals surface area contributed by atoms with E-state index in [0.717, 1.165) is 0 Å². The number of hydrogen-bond donors (Lipinski definition) is 3. The summed E-state index contributed by atoms with van der Waals surface area (Å²) in [6.45, 7) is 6.18. The second-order valence-corrected chi connectivity index (χ2v) is 5.51. The van der Waals surface area contributed by atoms with Crippen LogP contribution in [0, 0.1) is 23.7 Å². The molecule has 5 heteroatoms. The molecule has 102 valence electrons. The lowest BCUT2D eigenvalue weighted by Crippen LogP contribution is -2.45. The van der Waals surface area contributed by atoms with Gasteiger partial charge in [-0.2, -0.15) is 0 Å². The molecule has 4 N–H and O–H groups in total. The highest BCUT2D eigenvalue weighted by molar-refractivity contribution is 5.85. The number of terminal acetylenes is 1. The van der Waals surface area contributed by atoms with E-state index >= 15 is 0 Å². The van der Waals surface area contributed by atoms with E-state index in [0.29, 0.717) is 6.42 Å². The van der Waals surface area contributed by atoms with Crippen LogP contribution in [-0.2, 0) is 9.59 Å². The zero-order valence-electron chi connectivity index (χ0n) is 11.2. The Labute approximate surface area is 108 Å². The molecule has 0 aromatic carbocycles. The minimum absolute atomic E-state index is 0.0338. The van der Waals surface area contributed by atoms with E-state index in [-0.39, 0.29) is 24.3 Å². The van der Waals surface area contributed by atoms with Crippen LogP contribution in [0.3, 0.4) is 0 Å². The van der Waals surface area contributed by atoms with Crippen molar-refractivity contribution in [2.45, 2.75) is 39.7 Å². The molecule has 0 rings (SSSR count). The SMILES string of the molecule is C#CCC(NC(=O)C(CN)CC(C)(C)C)C(=O)O. The number of carbonyl (C=O) groups is 2. The van der Waals surface area contributed by atoms with Gasteiger partial charge < -0.3 is 16.2 Å². The van der Waals surface area contributed by atoms with Crippen molar-refractivity contribution in [3.8, 4) is 12.3 Å². The number of rotatable bonds is 6. The maximum Gasteiger partial charge on any atom is 0.327 e. The van der Waals surface area contributed by atoms with Crippen LogP contribution in [0.2, 0.25) is 0 Å². The lowest BCUT2D eigenvalue weighted by Gasteiger charge is -2.25. The van der Waals surface area contributed by atoms with E-state index in [4.69, 9.17) is 17.3 Å². The summed E-state index contributed by atoms with van der Waals surface area (Å²) in [6.07, 6.45) is 5.63. The first-order valence-corrected chi connectivity index (χ1v) is 5.88. The Balaban J connectivity index is 4.61. The maximum absolute atomic E-state index is 11.9. The molecule has 0 aliphatic rings. The number of carbonyl (C=O) groups excluding carboxylic acids is 1. The first-order chi connectivity index (χ1) is 8.21. The topological polar surface area (TPSA) is 92.4 Å². The van der Waals surface area contributed by atoms with E-state index in [2.05, 4.69) is 11.2 Å². The zero-order valence-corrected chi connectivity index (χ0v) is 11.2. The van der Waals surface area contributed by atoms with Gasteiger partial charge >= 0.3 is 5.97 Å². The van der Waals surface area contributed by atoms with Gasteiger partial charge in [0.1, 0.15) is 6.04 Å². The molecule has 18 heavy (non-hydrogen) atoms. The van der Waals surface area contributed by atoms with E-state index < -0.39 is 17.9 Å². The monoisotopic (exact) mass is 254 g/mol. The first-order valence-electron chi connectivity index (χ1n) is 5.88. The summed E-state index contributed by atoms with van der Waals surface area (Å²) in [7, 11) is 0. The summed E-state index contributed by atoms with van der Waals surface area (Å²) < 4.78 is 0. The molecule has 0 aliphatic carbocycles. The van der Waals surface area contributed by atoms with Crippen molar-refractivity contribution in [3.63, 3.8) is 0 Å². The Morgan fingerprint density at radius 2 is 2.00 bits per heavy atom. The van der Waals surface area contributed by atoms with E-state index in [9.17, 15) is 9.59 Å². The average Bonchev–Trinajstić information content (AvgIpc) is 2.23. The van der Waals surface area contributed by atoms with Crippen LogP contribution < -0.4 is 11.1 Å². The number of hydrogen-bond acceptors (Lipinski definition) is 3. The predicted molar refractivity (Wildman–Crippen MR) is 69.6 cm³/mol. The third-order valence-electron chi connectivity index (χ3n) is 2.45. The van der Waals surface area contributed by atoms with Crippen LogP contribution in [0.5, 0.6) is 0 Å². The largest absolute Gasteiger partial charge is 0.480 e. The summed E-state index contributed by atoms with van der Waals surface area (Å²) >= 11 is 0. The van der Waals surface area contributed by atoms with Crippen LogP contribution >= 0.6 is 0 Å². The van der Waals surface area contributed by atoms with Crippen molar-refractivity contribution in [3.05, 3.63) is 0 Å². The van der Waals surface area contributed by atoms with Crippen LogP contribution in [-0.4, -0.2) is 29.6 Å². The van der Waals surface area contributed by atoms with E-state index in [1.165, 1.54) is 0 Å².